The summed E-state index contributed by atoms with van der Waals surface area (Å²) in [5, 5.41) is 0. The van der Waals surface area contributed by atoms with Crippen molar-refractivity contribution in [2.75, 3.05) is 13.2 Å². The van der Waals surface area contributed by atoms with Crippen LogP contribution in [0.1, 0.15) is 96.5 Å². The molecular formula is C30H44N2O3. The van der Waals surface area contributed by atoms with E-state index >= 15 is 0 Å². The van der Waals surface area contributed by atoms with Crippen LogP contribution >= 0.6 is 0 Å². The number of carbonyl (C=O) groups is 1. The molecule has 0 aliphatic rings. The SMILES string of the molecule is CCCCCC/C=C\CCCC(=O)Oc1cnc(-c2ccc(CCCCCOCCC)cc2)nc1. The largest absolute Gasteiger partial charge is 0.423 e. The predicted octanol–water partition coefficient (Wildman–Crippen LogP) is 7.89. The number of allylic oxidation sites excluding steroid dienone is 2. The Kier molecular flexibility index (Phi) is 15.4. The molecule has 0 fully saturated rings. The van der Waals surface area contributed by atoms with Gasteiger partial charge in [-0.2, -0.15) is 0 Å². The minimum Gasteiger partial charge on any atom is -0.423 e. The smallest absolute Gasteiger partial charge is 0.311 e. The first-order valence-corrected chi connectivity index (χ1v) is 13.6. The molecule has 0 aliphatic carbocycles. The van der Waals surface area contributed by atoms with Crippen molar-refractivity contribution in [3.05, 3.63) is 54.4 Å². The number of rotatable bonds is 19. The number of unbranched alkanes of at least 4 members (excludes halogenated alkanes) is 7. The van der Waals surface area contributed by atoms with E-state index in [1.807, 2.05) is 0 Å². The molecule has 1 aromatic heterocycles. The molecule has 0 spiro atoms. The van der Waals surface area contributed by atoms with E-state index in [2.05, 4.69) is 60.2 Å². The second-order valence-corrected chi connectivity index (χ2v) is 9.05. The summed E-state index contributed by atoms with van der Waals surface area (Å²) in [4.78, 5) is 20.8. The zero-order valence-electron chi connectivity index (χ0n) is 21.8. The Labute approximate surface area is 212 Å². The van der Waals surface area contributed by atoms with E-state index in [9.17, 15) is 4.79 Å². The van der Waals surface area contributed by atoms with Gasteiger partial charge in [-0.05, 0) is 56.9 Å². The lowest BCUT2D eigenvalue weighted by molar-refractivity contribution is -0.134. The number of nitrogens with zero attached hydrogens (tertiary/aromatic N) is 2. The van der Waals surface area contributed by atoms with Gasteiger partial charge in [0.1, 0.15) is 0 Å². The van der Waals surface area contributed by atoms with Crippen molar-refractivity contribution in [2.24, 2.45) is 0 Å². The van der Waals surface area contributed by atoms with Gasteiger partial charge < -0.3 is 9.47 Å². The van der Waals surface area contributed by atoms with E-state index in [4.69, 9.17) is 9.47 Å². The fourth-order valence-electron chi connectivity index (χ4n) is 3.77. The van der Waals surface area contributed by atoms with Gasteiger partial charge in [-0.15, -0.1) is 0 Å². The topological polar surface area (TPSA) is 61.3 Å². The molecule has 0 amide bonds. The predicted molar refractivity (Wildman–Crippen MR) is 144 cm³/mol. The first kappa shape index (κ1) is 28.7. The highest BCUT2D eigenvalue weighted by Gasteiger charge is 2.07. The molecule has 2 aromatic rings. The Morgan fingerprint density at radius 2 is 1.51 bits per heavy atom. The zero-order chi connectivity index (χ0) is 25.0. The van der Waals surface area contributed by atoms with Crippen LogP contribution < -0.4 is 4.74 Å². The van der Waals surface area contributed by atoms with Gasteiger partial charge in [0.15, 0.2) is 11.6 Å². The second-order valence-electron chi connectivity index (χ2n) is 9.05. The second kappa shape index (κ2) is 18.8. The fourth-order valence-corrected chi connectivity index (χ4v) is 3.77. The Hall–Kier alpha value is -2.53. The minimum atomic E-state index is -0.237. The maximum Gasteiger partial charge on any atom is 0.311 e. The molecule has 35 heavy (non-hydrogen) atoms. The van der Waals surface area contributed by atoms with Crippen LogP contribution in [0.2, 0.25) is 0 Å². The van der Waals surface area contributed by atoms with Crippen molar-refractivity contribution in [1.29, 1.82) is 0 Å². The highest BCUT2D eigenvalue weighted by molar-refractivity contribution is 5.72. The quantitative estimate of drug-likeness (QED) is 0.116. The summed E-state index contributed by atoms with van der Waals surface area (Å²) in [5.41, 5.74) is 2.28. The molecule has 0 N–H and O–H groups in total. The van der Waals surface area contributed by atoms with Crippen LogP contribution in [0.3, 0.4) is 0 Å². The normalized spacial score (nSPS) is 11.3. The molecule has 0 saturated heterocycles. The van der Waals surface area contributed by atoms with E-state index in [0.29, 0.717) is 18.0 Å². The van der Waals surface area contributed by atoms with Gasteiger partial charge in [0.2, 0.25) is 0 Å². The summed E-state index contributed by atoms with van der Waals surface area (Å²) in [6, 6.07) is 8.38. The van der Waals surface area contributed by atoms with Crippen LogP contribution in [0.25, 0.3) is 11.4 Å². The third kappa shape index (κ3) is 13.2. The third-order valence-electron chi connectivity index (χ3n) is 5.82. The average molecular weight is 481 g/mol. The summed E-state index contributed by atoms with van der Waals surface area (Å²) in [5.74, 6) is 0.789. The number of aromatic nitrogens is 2. The molecule has 0 unspecified atom stereocenters. The summed E-state index contributed by atoms with van der Waals surface area (Å²) in [6.45, 7) is 6.09. The molecule has 1 aromatic carbocycles. The molecule has 1 heterocycles. The third-order valence-corrected chi connectivity index (χ3v) is 5.82. The van der Waals surface area contributed by atoms with E-state index in [1.165, 1.54) is 44.1 Å². The Bertz CT molecular complexity index is 832. The number of carbonyl (C=O) groups excluding carboxylic acids is 1. The summed E-state index contributed by atoms with van der Waals surface area (Å²) in [6.07, 6.45) is 21.5. The van der Waals surface area contributed by atoms with E-state index in [0.717, 1.165) is 57.3 Å². The number of aryl methyl sites for hydroxylation is 1. The fraction of sp³-hybridized carbons (Fsp3) is 0.567. The van der Waals surface area contributed by atoms with Gasteiger partial charge >= 0.3 is 5.97 Å². The van der Waals surface area contributed by atoms with Crippen LogP contribution in [-0.4, -0.2) is 29.2 Å². The van der Waals surface area contributed by atoms with Crippen LogP contribution in [0.5, 0.6) is 5.75 Å². The van der Waals surface area contributed by atoms with Crippen LogP contribution in [-0.2, 0) is 16.0 Å². The van der Waals surface area contributed by atoms with Gasteiger partial charge in [0, 0.05) is 25.2 Å². The molecule has 0 saturated carbocycles. The monoisotopic (exact) mass is 480 g/mol. The number of esters is 1. The number of ether oxygens (including phenoxy) is 2. The molecule has 2 rings (SSSR count). The Balaban J connectivity index is 1.64. The van der Waals surface area contributed by atoms with Gasteiger partial charge in [0.05, 0.1) is 12.4 Å². The van der Waals surface area contributed by atoms with E-state index < -0.39 is 0 Å². The van der Waals surface area contributed by atoms with Crippen molar-refractivity contribution < 1.29 is 14.3 Å². The molecule has 0 atom stereocenters. The maximum atomic E-state index is 12.1. The highest BCUT2D eigenvalue weighted by atomic mass is 16.5. The minimum absolute atomic E-state index is 0.237. The highest BCUT2D eigenvalue weighted by Crippen LogP contribution is 2.19. The first-order chi connectivity index (χ1) is 17.2. The van der Waals surface area contributed by atoms with Gasteiger partial charge in [-0.3, -0.25) is 4.79 Å². The van der Waals surface area contributed by atoms with E-state index in [1.54, 1.807) is 12.4 Å². The lowest BCUT2D eigenvalue weighted by Crippen LogP contribution is -2.08. The maximum absolute atomic E-state index is 12.1. The van der Waals surface area contributed by atoms with Crippen molar-refractivity contribution >= 4 is 5.97 Å². The van der Waals surface area contributed by atoms with Gasteiger partial charge in [-0.25, -0.2) is 9.97 Å². The average Bonchev–Trinajstić information content (AvgIpc) is 2.88. The first-order valence-electron chi connectivity index (χ1n) is 13.6. The molecule has 5 nitrogen and oxygen atoms in total. The van der Waals surface area contributed by atoms with Crippen molar-refractivity contribution in [2.45, 2.75) is 97.3 Å². The molecule has 0 bridgehead atoms. The lowest BCUT2D eigenvalue weighted by atomic mass is 10.0. The standard InChI is InChI=1S/C30H44N2O3/c1-3-5-6-7-8-9-10-11-14-17-29(33)35-28-24-31-30(32-25-28)27-20-18-26(19-21-27)16-13-12-15-23-34-22-4-2/h9-10,18-21,24-25H,3-8,11-17,22-23H2,1-2H3/b10-9-. The van der Waals surface area contributed by atoms with Crippen LogP contribution in [0, 0.1) is 0 Å². The lowest BCUT2D eigenvalue weighted by Gasteiger charge is -2.06. The molecule has 192 valence electrons. The van der Waals surface area contributed by atoms with Crippen molar-refractivity contribution in [1.82, 2.24) is 9.97 Å². The van der Waals surface area contributed by atoms with Crippen molar-refractivity contribution in [3.8, 4) is 17.1 Å². The molecular weight excluding hydrogens is 436 g/mol. The van der Waals surface area contributed by atoms with Crippen LogP contribution in [0.15, 0.2) is 48.8 Å². The zero-order valence-corrected chi connectivity index (χ0v) is 21.8. The molecule has 0 aliphatic heterocycles. The Morgan fingerprint density at radius 1 is 0.800 bits per heavy atom. The molecule has 0 radical (unpaired) electrons. The van der Waals surface area contributed by atoms with E-state index in [-0.39, 0.29) is 5.97 Å². The summed E-state index contributed by atoms with van der Waals surface area (Å²) >= 11 is 0. The number of hydrogen-bond donors (Lipinski definition) is 0. The summed E-state index contributed by atoms with van der Waals surface area (Å²) < 4.78 is 10.9. The van der Waals surface area contributed by atoms with Crippen LogP contribution in [0.4, 0.5) is 0 Å². The molecule has 5 heteroatoms. The summed E-state index contributed by atoms with van der Waals surface area (Å²) in [7, 11) is 0. The Morgan fingerprint density at radius 3 is 2.23 bits per heavy atom. The number of benzene rings is 1. The van der Waals surface area contributed by atoms with Crippen molar-refractivity contribution in [3.63, 3.8) is 0 Å². The van der Waals surface area contributed by atoms with Gasteiger partial charge in [-0.1, -0.05) is 75.9 Å². The van der Waals surface area contributed by atoms with Gasteiger partial charge in [0.25, 0.3) is 0 Å². The number of hydrogen-bond acceptors (Lipinski definition) is 5.